The van der Waals surface area contributed by atoms with Gasteiger partial charge in [0.05, 0.1) is 6.61 Å². The number of amides is 1. The largest absolute Gasteiger partial charge is 0.491 e. The van der Waals surface area contributed by atoms with Crippen LogP contribution in [0.2, 0.25) is 0 Å². The summed E-state index contributed by atoms with van der Waals surface area (Å²) in [6.45, 7) is 4.20. The Balaban J connectivity index is 0.00000176. The first-order valence-corrected chi connectivity index (χ1v) is 7.58. The highest BCUT2D eigenvalue weighted by Crippen LogP contribution is 2.58. The predicted octanol–water partition coefficient (Wildman–Crippen LogP) is 2.97. The van der Waals surface area contributed by atoms with Gasteiger partial charge in [0.15, 0.2) is 11.6 Å². The first-order chi connectivity index (χ1) is 10.1. The fourth-order valence-corrected chi connectivity index (χ4v) is 3.28. The molecule has 4 nitrogen and oxygen atoms in total. The van der Waals surface area contributed by atoms with Crippen LogP contribution in [0.1, 0.15) is 26.2 Å². The summed E-state index contributed by atoms with van der Waals surface area (Å²) in [7, 11) is 0. The molecule has 2 N–H and O–H groups in total. The monoisotopic (exact) mass is 328 g/mol. The van der Waals surface area contributed by atoms with E-state index in [2.05, 4.69) is 10.6 Å². The number of hydrogen-bond acceptors (Lipinski definition) is 3. The van der Waals surface area contributed by atoms with Crippen molar-refractivity contribution in [3.05, 3.63) is 24.0 Å². The van der Waals surface area contributed by atoms with Gasteiger partial charge in [0.1, 0.15) is 0 Å². The van der Waals surface area contributed by atoms with E-state index in [9.17, 15) is 9.18 Å². The van der Waals surface area contributed by atoms with E-state index in [1.165, 1.54) is 6.07 Å². The molecule has 2 fully saturated rings. The standard InChI is InChI=1S/C16H21FN2O2.ClH/c1-2-21-14-4-3-11(9-13(14)17)19-15(20)12-10-16(12)5-7-18-8-6-16;/h3-4,9,12,18H,2,5-8,10H2,1H3,(H,19,20);1H. The van der Waals surface area contributed by atoms with Crippen molar-refractivity contribution >= 4 is 24.0 Å². The van der Waals surface area contributed by atoms with Crippen LogP contribution in [0.25, 0.3) is 0 Å². The van der Waals surface area contributed by atoms with Crippen molar-refractivity contribution in [1.29, 1.82) is 0 Å². The van der Waals surface area contributed by atoms with Gasteiger partial charge in [-0.2, -0.15) is 0 Å². The Morgan fingerprint density at radius 2 is 2.18 bits per heavy atom. The van der Waals surface area contributed by atoms with E-state index >= 15 is 0 Å². The average molecular weight is 329 g/mol. The Kier molecular flexibility index (Phi) is 5.29. The lowest BCUT2D eigenvalue weighted by molar-refractivity contribution is -0.118. The molecule has 1 saturated carbocycles. The number of halogens is 2. The van der Waals surface area contributed by atoms with E-state index in [1.807, 2.05) is 0 Å². The number of rotatable bonds is 4. The van der Waals surface area contributed by atoms with E-state index in [0.717, 1.165) is 32.4 Å². The van der Waals surface area contributed by atoms with Gasteiger partial charge in [0, 0.05) is 17.7 Å². The summed E-state index contributed by atoms with van der Waals surface area (Å²) in [6.07, 6.45) is 3.07. The second kappa shape index (κ2) is 6.84. The molecular formula is C16H22ClFN2O2. The highest BCUT2D eigenvalue weighted by atomic mass is 35.5. The molecule has 1 aliphatic heterocycles. The molecule has 1 atom stereocenters. The highest BCUT2D eigenvalue weighted by Gasteiger charge is 2.57. The van der Waals surface area contributed by atoms with E-state index in [4.69, 9.17) is 4.74 Å². The maximum atomic E-state index is 13.8. The Bertz CT molecular complexity index is 547. The van der Waals surface area contributed by atoms with Gasteiger partial charge >= 0.3 is 0 Å². The fraction of sp³-hybridized carbons (Fsp3) is 0.562. The number of hydrogen-bond donors (Lipinski definition) is 2. The molecule has 0 bridgehead atoms. The molecule has 3 rings (SSSR count). The van der Waals surface area contributed by atoms with Crippen molar-refractivity contribution in [2.24, 2.45) is 11.3 Å². The smallest absolute Gasteiger partial charge is 0.228 e. The van der Waals surface area contributed by atoms with Gasteiger partial charge in [-0.05, 0) is 56.8 Å². The zero-order valence-corrected chi connectivity index (χ0v) is 13.5. The molecule has 1 amide bonds. The molecule has 22 heavy (non-hydrogen) atoms. The maximum absolute atomic E-state index is 13.8. The second-order valence-electron chi connectivity index (χ2n) is 5.94. The number of piperidine rings is 1. The Morgan fingerprint density at radius 1 is 1.45 bits per heavy atom. The summed E-state index contributed by atoms with van der Waals surface area (Å²) >= 11 is 0. The Labute approximate surface area is 136 Å². The maximum Gasteiger partial charge on any atom is 0.228 e. The van der Waals surface area contributed by atoms with Crippen molar-refractivity contribution in [3.63, 3.8) is 0 Å². The fourth-order valence-electron chi connectivity index (χ4n) is 3.28. The minimum Gasteiger partial charge on any atom is -0.491 e. The number of nitrogens with one attached hydrogen (secondary N) is 2. The molecule has 1 aromatic rings. The van der Waals surface area contributed by atoms with E-state index in [-0.39, 0.29) is 35.4 Å². The van der Waals surface area contributed by atoms with E-state index in [0.29, 0.717) is 12.3 Å². The molecule has 0 aromatic heterocycles. The lowest BCUT2D eigenvalue weighted by Gasteiger charge is -2.23. The minimum atomic E-state index is -0.443. The number of anilines is 1. The molecule has 1 spiro atoms. The van der Waals surface area contributed by atoms with Crippen LogP contribution in [0.5, 0.6) is 5.75 Å². The van der Waals surface area contributed by atoms with Crippen LogP contribution in [-0.4, -0.2) is 25.6 Å². The third-order valence-corrected chi connectivity index (χ3v) is 4.60. The Hall–Kier alpha value is -1.33. The van der Waals surface area contributed by atoms with Crippen molar-refractivity contribution in [1.82, 2.24) is 5.32 Å². The van der Waals surface area contributed by atoms with Crippen LogP contribution >= 0.6 is 12.4 Å². The molecule has 1 heterocycles. The van der Waals surface area contributed by atoms with Crippen LogP contribution < -0.4 is 15.4 Å². The number of carbonyl (C=O) groups excluding carboxylic acids is 1. The molecule has 1 saturated heterocycles. The highest BCUT2D eigenvalue weighted by molar-refractivity contribution is 5.95. The first-order valence-electron chi connectivity index (χ1n) is 7.58. The summed E-state index contributed by atoms with van der Waals surface area (Å²) < 4.78 is 18.9. The third-order valence-electron chi connectivity index (χ3n) is 4.60. The Morgan fingerprint density at radius 3 is 2.82 bits per heavy atom. The van der Waals surface area contributed by atoms with Gasteiger partial charge in [-0.1, -0.05) is 0 Å². The summed E-state index contributed by atoms with van der Waals surface area (Å²) in [5.41, 5.74) is 0.691. The van der Waals surface area contributed by atoms with Gasteiger partial charge in [0.25, 0.3) is 0 Å². The molecule has 1 aliphatic carbocycles. The topological polar surface area (TPSA) is 50.4 Å². The molecule has 2 aliphatic rings. The second-order valence-corrected chi connectivity index (χ2v) is 5.94. The minimum absolute atomic E-state index is 0. The SMILES string of the molecule is CCOc1ccc(NC(=O)C2CC23CCNCC3)cc1F.Cl. The van der Waals surface area contributed by atoms with E-state index in [1.54, 1.807) is 19.1 Å². The van der Waals surface area contributed by atoms with Gasteiger partial charge in [0.2, 0.25) is 5.91 Å². The zero-order chi connectivity index (χ0) is 14.9. The van der Waals surface area contributed by atoms with Gasteiger partial charge < -0.3 is 15.4 Å². The van der Waals surface area contributed by atoms with Gasteiger partial charge in [-0.15, -0.1) is 12.4 Å². The summed E-state index contributed by atoms with van der Waals surface area (Å²) in [4.78, 5) is 12.3. The third kappa shape index (κ3) is 3.36. The zero-order valence-electron chi connectivity index (χ0n) is 12.7. The lowest BCUT2D eigenvalue weighted by Crippen LogP contribution is -2.31. The molecule has 0 radical (unpaired) electrons. The lowest BCUT2D eigenvalue weighted by atomic mass is 9.92. The van der Waals surface area contributed by atoms with Crippen molar-refractivity contribution < 1.29 is 13.9 Å². The number of ether oxygens (including phenoxy) is 1. The van der Waals surface area contributed by atoms with Crippen molar-refractivity contribution in [2.75, 3.05) is 25.0 Å². The van der Waals surface area contributed by atoms with Crippen LogP contribution in [0.15, 0.2) is 18.2 Å². The molecule has 6 heteroatoms. The normalized spacial score (nSPS) is 21.8. The van der Waals surface area contributed by atoms with Gasteiger partial charge in [-0.25, -0.2) is 4.39 Å². The summed E-state index contributed by atoms with van der Waals surface area (Å²) in [6, 6.07) is 4.56. The van der Waals surface area contributed by atoms with Crippen molar-refractivity contribution in [2.45, 2.75) is 26.2 Å². The molecular weight excluding hydrogens is 307 g/mol. The first kappa shape index (κ1) is 17.0. The quantitative estimate of drug-likeness (QED) is 0.893. The summed E-state index contributed by atoms with van der Waals surface area (Å²) in [5, 5.41) is 6.15. The molecule has 122 valence electrons. The van der Waals surface area contributed by atoms with Crippen LogP contribution in [-0.2, 0) is 4.79 Å². The van der Waals surface area contributed by atoms with Gasteiger partial charge in [-0.3, -0.25) is 4.79 Å². The van der Waals surface area contributed by atoms with Crippen LogP contribution in [0, 0.1) is 17.2 Å². The number of benzene rings is 1. The van der Waals surface area contributed by atoms with Crippen molar-refractivity contribution in [3.8, 4) is 5.75 Å². The predicted molar refractivity (Wildman–Crippen MR) is 86.1 cm³/mol. The van der Waals surface area contributed by atoms with E-state index < -0.39 is 5.82 Å². The number of carbonyl (C=O) groups is 1. The van der Waals surface area contributed by atoms with Crippen LogP contribution in [0.3, 0.4) is 0 Å². The average Bonchev–Trinajstić information content (AvgIpc) is 3.16. The molecule has 1 aromatic carbocycles. The van der Waals surface area contributed by atoms with Crippen LogP contribution in [0.4, 0.5) is 10.1 Å². The summed E-state index contributed by atoms with van der Waals surface area (Å²) in [5.74, 6) is -0.131. The molecule has 1 unspecified atom stereocenters.